The van der Waals surface area contributed by atoms with Gasteiger partial charge in [0, 0.05) is 18.1 Å². The number of nitrogens with one attached hydrogen (secondary N) is 1. The van der Waals surface area contributed by atoms with Crippen molar-refractivity contribution in [2.75, 3.05) is 11.9 Å². The highest BCUT2D eigenvalue weighted by Gasteiger charge is 2.32. The Kier molecular flexibility index (Phi) is 4.06. The highest BCUT2D eigenvalue weighted by molar-refractivity contribution is 5.78. The maximum atomic E-state index is 10.6. The number of nitrogens with zero attached hydrogens (tertiary/aromatic N) is 2. The van der Waals surface area contributed by atoms with Gasteiger partial charge in [-0.05, 0) is 37.7 Å². The maximum Gasteiger partial charge on any atom is 0.223 e. The Morgan fingerprint density at radius 3 is 2.81 bits per heavy atom. The summed E-state index contributed by atoms with van der Waals surface area (Å²) in [6.45, 7) is 2.76. The molecule has 1 aliphatic rings. The Balaban J connectivity index is 1.63. The third kappa shape index (κ3) is 3.32. The van der Waals surface area contributed by atoms with E-state index in [1.54, 1.807) is 0 Å². The van der Waals surface area contributed by atoms with Gasteiger partial charge in [0.1, 0.15) is 0 Å². The molecule has 0 saturated heterocycles. The van der Waals surface area contributed by atoms with Crippen LogP contribution in [-0.2, 0) is 0 Å². The molecule has 4 heteroatoms. The summed E-state index contributed by atoms with van der Waals surface area (Å²) in [5.41, 5.74) is 0.317. The van der Waals surface area contributed by atoms with E-state index >= 15 is 0 Å². The zero-order valence-corrected chi connectivity index (χ0v) is 12.5. The van der Waals surface area contributed by atoms with Crippen molar-refractivity contribution >= 4 is 16.9 Å². The van der Waals surface area contributed by atoms with E-state index in [0.717, 1.165) is 42.5 Å². The molecule has 1 aliphatic carbocycles. The van der Waals surface area contributed by atoms with Crippen LogP contribution in [0.5, 0.6) is 0 Å². The second-order valence-electron chi connectivity index (χ2n) is 6.18. The Morgan fingerprint density at radius 1 is 1.29 bits per heavy atom. The van der Waals surface area contributed by atoms with Crippen LogP contribution in [0.4, 0.5) is 5.95 Å². The molecule has 2 aromatic rings. The molecule has 0 spiro atoms. The van der Waals surface area contributed by atoms with Gasteiger partial charge in [-0.3, -0.25) is 0 Å². The van der Waals surface area contributed by atoms with E-state index in [4.69, 9.17) is 0 Å². The third-order valence-corrected chi connectivity index (χ3v) is 4.68. The first-order chi connectivity index (χ1) is 10.2. The summed E-state index contributed by atoms with van der Waals surface area (Å²) >= 11 is 0. The molecule has 0 atom stereocenters. The molecular formula is C17H23N3O. The highest BCUT2D eigenvalue weighted by atomic mass is 16.3. The number of rotatable bonds is 4. The van der Waals surface area contributed by atoms with E-state index in [1.165, 1.54) is 6.42 Å². The van der Waals surface area contributed by atoms with E-state index in [-0.39, 0.29) is 0 Å². The van der Waals surface area contributed by atoms with Gasteiger partial charge in [0.2, 0.25) is 5.95 Å². The van der Waals surface area contributed by atoms with E-state index in [0.29, 0.717) is 12.5 Å². The second kappa shape index (κ2) is 5.98. The lowest BCUT2D eigenvalue weighted by Crippen LogP contribution is -2.40. The molecule has 21 heavy (non-hydrogen) atoms. The molecule has 0 radical (unpaired) electrons. The van der Waals surface area contributed by atoms with Gasteiger partial charge in [-0.1, -0.05) is 31.5 Å². The predicted octanol–water partition coefficient (Wildman–Crippen LogP) is 3.37. The number of hydrogen-bond acceptors (Lipinski definition) is 4. The molecule has 0 unspecified atom stereocenters. The predicted molar refractivity (Wildman–Crippen MR) is 85.2 cm³/mol. The van der Waals surface area contributed by atoms with Crippen molar-refractivity contribution in [3.63, 3.8) is 0 Å². The average molecular weight is 285 g/mol. The minimum Gasteiger partial charge on any atom is -0.388 e. The summed E-state index contributed by atoms with van der Waals surface area (Å²) in [6.07, 6.45) is 7.01. The van der Waals surface area contributed by atoms with Crippen LogP contribution >= 0.6 is 0 Å². The number of para-hydroxylation sites is 1. The van der Waals surface area contributed by atoms with Crippen LogP contribution in [0.2, 0.25) is 0 Å². The first-order valence-electron chi connectivity index (χ1n) is 7.86. The highest BCUT2D eigenvalue weighted by Crippen LogP contribution is 2.33. The van der Waals surface area contributed by atoms with E-state index in [1.807, 2.05) is 30.5 Å². The summed E-state index contributed by atoms with van der Waals surface area (Å²) in [5.74, 6) is 1.38. The van der Waals surface area contributed by atoms with Gasteiger partial charge in [-0.25, -0.2) is 9.97 Å². The molecule has 4 nitrogen and oxygen atoms in total. The van der Waals surface area contributed by atoms with Crippen LogP contribution in [0.3, 0.4) is 0 Å². The Labute approximate surface area is 125 Å². The van der Waals surface area contributed by atoms with Crippen molar-refractivity contribution < 1.29 is 5.11 Å². The minimum atomic E-state index is -0.610. The summed E-state index contributed by atoms with van der Waals surface area (Å²) in [7, 11) is 0. The summed E-state index contributed by atoms with van der Waals surface area (Å²) < 4.78 is 0. The molecule has 0 aliphatic heterocycles. The van der Waals surface area contributed by atoms with Crippen LogP contribution in [0.25, 0.3) is 10.9 Å². The lowest BCUT2D eigenvalue weighted by molar-refractivity contribution is 0.00216. The number of aliphatic hydroxyl groups is 1. The molecule has 1 saturated carbocycles. The molecule has 0 amide bonds. The molecule has 1 aromatic carbocycles. The van der Waals surface area contributed by atoms with Crippen LogP contribution < -0.4 is 5.32 Å². The molecule has 1 heterocycles. The summed E-state index contributed by atoms with van der Waals surface area (Å²) in [4.78, 5) is 8.81. The lowest BCUT2D eigenvalue weighted by atomic mass is 9.78. The van der Waals surface area contributed by atoms with E-state index in [9.17, 15) is 5.11 Å². The van der Waals surface area contributed by atoms with Gasteiger partial charge in [0.25, 0.3) is 0 Å². The summed E-state index contributed by atoms with van der Waals surface area (Å²) in [5, 5.41) is 14.9. The number of anilines is 1. The van der Waals surface area contributed by atoms with Crippen molar-refractivity contribution in [2.24, 2.45) is 5.92 Å². The normalized spacial score (nSPS) is 25.9. The van der Waals surface area contributed by atoms with E-state index in [2.05, 4.69) is 22.2 Å². The van der Waals surface area contributed by atoms with Crippen LogP contribution in [-0.4, -0.2) is 27.2 Å². The van der Waals surface area contributed by atoms with Crippen molar-refractivity contribution in [3.8, 4) is 0 Å². The molecule has 0 bridgehead atoms. The fourth-order valence-electron chi connectivity index (χ4n) is 3.10. The smallest absolute Gasteiger partial charge is 0.223 e. The summed E-state index contributed by atoms with van der Waals surface area (Å²) in [6, 6.07) is 7.92. The zero-order valence-electron chi connectivity index (χ0n) is 12.5. The van der Waals surface area contributed by atoms with Gasteiger partial charge in [0.05, 0.1) is 11.1 Å². The van der Waals surface area contributed by atoms with Crippen LogP contribution in [0, 0.1) is 5.92 Å². The zero-order chi connectivity index (χ0) is 14.7. The quantitative estimate of drug-likeness (QED) is 0.904. The van der Waals surface area contributed by atoms with Gasteiger partial charge in [0.15, 0.2) is 0 Å². The maximum absolute atomic E-state index is 10.6. The standard InChI is InChI=1S/C17H23N3O/c1-2-13-7-9-17(21,10-8-13)12-19-16-18-11-14-5-3-4-6-15(14)20-16/h3-6,11,13,21H,2,7-10,12H2,1H3,(H,18,19,20). The second-order valence-corrected chi connectivity index (χ2v) is 6.18. The average Bonchev–Trinajstić information content (AvgIpc) is 2.54. The van der Waals surface area contributed by atoms with Crippen molar-refractivity contribution in [1.29, 1.82) is 0 Å². The van der Waals surface area contributed by atoms with Gasteiger partial charge in [-0.15, -0.1) is 0 Å². The number of benzene rings is 1. The fraction of sp³-hybridized carbons (Fsp3) is 0.529. The largest absolute Gasteiger partial charge is 0.388 e. The van der Waals surface area contributed by atoms with Crippen molar-refractivity contribution in [1.82, 2.24) is 9.97 Å². The van der Waals surface area contributed by atoms with Gasteiger partial charge < -0.3 is 10.4 Å². The topological polar surface area (TPSA) is 58.0 Å². The molecule has 1 fully saturated rings. The Morgan fingerprint density at radius 2 is 2.05 bits per heavy atom. The Hall–Kier alpha value is -1.68. The number of hydrogen-bond donors (Lipinski definition) is 2. The lowest BCUT2D eigenvalue weighted by Gasteiger charge is -2.35. The molecule has 112 valence electrons. The van der Waals surface area contributed by atoms with Crippen molar-refractivity contribution in [3.05, 3.63) is 30.5 Å². The van der Waals surface area contributed by atoms with Crippen LogP contribution in [0.1, 0.15) is 39.0 Å². The first-order valence-corrected chi connectivity index (χ1v) is 7.86. The minimum absolute atomic E-state index is 0.530. The molecule has 2 N–H and O–H groups in total. The van der Waals surface area contributed by atoms with Gasteiger partial charge in [-0.2, -0.15) is 0 Å². The SMILES string of the molecule is CCC1CCC(O)(CNc2ncc3ccccc3n2)CC1. The van der Waals surface area contributed by atoms with Crippen molar-refractivity contribution in [2.45, 2.75) is 44.6 Å². The molecule has 1 aromatic heterocycles. The monoisotopic (exact) mass is 285 g/mol. The Bertz CT molecular complexity index is 606. The van der Waals surface area contributed by atoms with Crippen LogP contribution in [0.15, 0.2) is 30.5 Å². The molecule has 3 rings (SSSR count). The number of aromatic nitrogens is 2. The molecular weight excluding hydrogens is 262 g/mol. The first kappa shape index (κ1) is 14.3. The fourth-order valence-corrected chi connectivity index (χ4v) is 3.10. The number of fused-ring (bicyclic) bond motifs is 1. The third-order valence-electron chi connectivity index (χ3n) is 4.68. The van der Waals surface area contributed by atoms with E-state index < -0.39 is 5.60 Å². The van der Waals surface area contributed by atoms with Gasteiger partial charge >= 0.3 is 0 Å².